The van der Waals surface area contributed by atoms with Crippen molar-refractivity contribution in [3.63, 3.8) is 0 Å². The fourth-order valence-corrected chi connectivity index (χ4v) is 2.17. The fourth-order valence-electron chi connectivity index (χ4n) is 2.17. The second-order valence-corrected chi connectivity index (χ2v) is 4.82. The number of hydrogen-bond donors (Lipinski definition) is 2. The van der Waals surface area contributed by atoms with E-state index in [9.17, 15) is 19.8 Å². The Bertz CT molecular complexity index is 806. The van der Waals surface area contributed by atoms with Crippen LogP contribution in [0.15, 0.2) is 44.5 Å². The van der Waals surface area contributed by atoms with Gasteiger partial charge in [0.05, 0.1) is 11.4 Å². The molecule has 0 fully saturated rings. The molecule has 0 amide bonds. The van der Waals surface area contributed by atoms with Crippen LogP contribution in [0.1, 0.15) is 42.6 Å². The number of aliphatic imine (C=N–C) groups is 1. The van der Waals surface area contributed by atoms with Crippen molar-refractivity contribution >= 4 is 17.2 Å². The molecule has 0 spiro atoms. The first-order chi connectivity index (χ1) is 11.0. The quantitative estimate of drug-likeness (QED) is 0.652. The first-order valence-electron chi connectivity index (χ1n) is 7.24. The Morgan fingerprint density at radius 3 is 2.30 bits per heavy atom. The Hall–Kier alpha value is -2.89. The second-order valence-electron chi connectivity index (χ2n) is 4.82. The number of Topliss-reactive ketones (excluding diaryl/α,β-unsaturated/α-hetero) is 1. The molecule has 0 aliphatic rings. The van der Waals surface area contributed by atoms with E-state index in [4.69, 9.17) is 4.42 Å². The van der Waals surface area contributed by atoms with Gasteiger partial charge in [0.1, 0.15) is 16.9 Å². The lowest BCUT2D eigenvalue weighted by Gasteiger charge is -2.09. The summed E-state index contributed by atoms with van der Waals surface area (Å²) in [5, 5.41) is 20.0. The summed E-state index contributed by atoms with van der Waals surface area (Å²) in [5.74, 6) is -2.00. The zero-order chi connectivity index (χ0) is 17.0. The maximum Gasteiger partial charge on any atom is 0.351 e. The van der Waals surface area contributed by atoms with E-state index in [0.717, 1.165) is 0 Å². The number of ketones is 1. The summed E-state index contributed by atoms with van der Waals surface area (Å²) in [6, 6.07) is 8.89. The highest BCUT2D eigenvalue weighted by atomic mass is 16.5. The van der Waals surface area contributed by atoms with Crippen LogP contribution in [-0.4, -0.2) is 21.7 Å². The molecule has 0 aliphatic carbocycles. The molecule has 6 nitrogen and oxygen atoms in total. The van der Waals surface area contributed by atoms with Crippen molar-refractivity contribution in [3.05, 3.63) is 51.9 Å². The largest absolute Gasteiger partial charge is 0.506 e. The highest BCUT2D eigenvalue weighted by Gasteiger charge is 2.25. The zero-order valence-corrected chi connectivity index (χ0v) is 12.9. The van der Waals surface area contributed by atoms with Crippen molar-refractivity contribution in [1.82, 2.24) is 0 Å². The topological polar surface area (TPSA) is 100 Å². The van der Waals surface area contributed by atoms with Crippen LogP contribution >= 0.6 is 0 Å². The van der Waals surface area contributed by atoms with Crippen molar-refractivity contribution in [2.24, 2.45) is 4.99 Å². The maximum absolute atomic E-state index is 12.0. The molecule has 2 aromatic rings. The number of carbonyl (C=O) groups excluding carboxylic acids is 1. The Balaban J connectivity index is 2.68. The zero-order valence-electron chi connectivity index (χ0n) is 12.9. The summed E-state index contributed by atoms with van der Waals surface area (Å²) in [6.07, 6.45) is 0.378. The van der Waals surface area contributed by atoms with Gasteiger partial charge in [-0.25, -0.2) is 4.79 Å². The van der Waals surface area contributed by atoms with E-state index in [2.05, 4.69) is 4.99 Å². The molecule has 0 saturated carbocycles. The lowest BCUT2D eigenvalue weighted by Crippen LogP contribution is -2.17. The number of carbonyl (C=O) groups is 1. The third-order valence-electron chi connectivity index (χ3n) is 3.32. The molecule has 0 unspecified atom stereocenters. The molecule has 1 aromatic carbocycles. The predicted octanol–water partition coefficient (Wildman–Crippen LogP) is 3.17. The first kappa shape index (κ1) is 16.5. The lowest BCUT2D eigenvalue weighted by molar-refractivity contribution is 0.0976. The van der Waals surface area contributed by atoms with Gasteiger partial charge in [-0.15, -0.1) is 0 Å². The number of para-hydroxylation sites is 1. The van der Waals surface area contributed by atoms with Gasteiger partial charge in [0.25, 0.3) is 5.95 Å². The van der Waals surface area contributed by atoms with Crippen LogP contribution < -0.4 is 5.63 Å². The molecule has 120 valence electrons. The maximum atomic E-state index is 12.0. The van der Waals surface area contributed by atoms with E-state index >= 15 is 0 Å². The number of rotatable bonds is 5. The molecule has 0 bridgehead atoms. The molecule has 0 atom stereocenters. The lowest BCUT2D eigenvalue weighted by atomic mass is 10.0. The number of hydrogen-bond acceptors (Lipinski definition) is 6. The van der Waals surface area contributed by atoms with E-state index in [-0.39, 0.29) is 17.7 Å². The Kier molecular flexibility index (Phi) is 4.95. The van der Waals surface area contributed by atoms with E-state index in [0.29, 0.717) is 12.1 Å². The van der Waals surface area contributed by atoms with Gasteiger partial charge in [-0.2, -0.15) is 0 Å². The van der Waals surface area contributed by atoms with Gasteiger partial charge < -0.3 is 14.6 Å². The second kappa shape index (κ2) is 6.91. The smallest absolute Gasteiger partial charge is 0.351 e. The normalized spacial score (nSPS) is 11.5. The van der Waals surface area contributed by atoms with Crippen molar-refractivity contribution in [2.45, 2.75) is 26.7 Å². The van der Waals surface area contributed by atoms with Gasteiger partial charge >= 0.3 is 5.63 Å². The monoisotopic (exact) mass is 315 g/mol. The average Bonchev–Trinajstić information content (AvgIpc) is 2.54. The summed E-state index contributed by atoms with van der Waals surface area (Å²) in [4.78, 5) is 28.2. The summed E-state index contributed by atoms with van der Waals surface area (Å²) in [7, 11) is 0. The van der Waals surface area contributed by atoms with Crippen LogP contribution in [0.4, 0.5) is 5.69 Å². The third-order valence-corrected chi connectivity index (χ3v) is 3.32. The highest BCUT2D eigenvalue weighted by molar-refractivity contribution is 6.08. The van der Waals surface area contributed by atoms with Crippen LogP contribution in [-0.2, 0) is 0 Å². The Labute approximate surface area is 132 Å². The molecular weight excluding hydrogens is 298 g/mol. The minimum absolute atomic E-state index is 0.0472. The molecule has 6 heteroatoms. The molecule has 0 aliphatic heterocycles. The van der Waals surface area contributed by atoms with Crippen LogP contribution in [0.25, 0.3) is 0 Å². The van der Waals surface area contributed by atoms with Gasteiger partial charge in [-0.05, 0) is 18.6 Å². The number of aromatic hydroxyl groups is 2. The third kappa shape index (κ3) is 3.31. The minimum Gasteiger partial charge on any atom is -0.506 e. The van der Waals surface area contributed by atoms with E-state index in [1.807, 2.05) is 6.07 Å². The molecule has 1 heterocycles. The molecular formula is C17H17NO5. The first-order valence-corrected chi connectivity index (χ1v) is 7.24. The predicted molar refractivity (Wildman–Crippen MR) is 85.9 cm³/mol. The minimum atomic E-state index is -0.941. The van der Waals surface area contributed by atoms with Crippen LogP contribution in [0.2, 0.25) is 0 Å². The van der Waals surface area contributed by atoms with Gasteiger partial charge in [-0.3, -0.25) is 9.79 Å². The van der Waals surface area contributed by atoms with Gasteiger partial charge in [-0.1, -0.05) is 32.0 Å². The van der Waals surface area contributed by atoms with Crippen molar-refractivity contribution in [2.75, 3.05) is 0 Å². The Morgan fingerprint density at radius 2 is 1.74 bits per heavy atom. The van der Waals surface area contributed by atoms with E-state index in [1.165, 1.54) is 0 Å². The average molecular weight is 315 g/mol. The van der Waals surface area contributed by atoms with Crippen molar-refractivity contribution < 1.29 is 19.4 Å². The number of nitrogens with zero attached hydrogens (tertiary/aromatic N) is 1. The summed E-state index contributed by atoms with van der Waals surface area (Å²) in [6.45, 7) is 3.33. The van der Waals surface area contributed by atoms with Gasteiger partial charge in [0.2, 0.25) is 0 Å². The molecule has 0 saturated heterocycles. The SMILES string of the molecule is CCC(=O)c1c(O)oc(=O)c(C(CC)=Nc2ccccc2)c1O. The summed E-state index contributed by atoms with van der Waals surface area (Å²) in [5.41, 5.74) is -0.668. The van der Waals surface area contributed by atoms with Crippen molar-refractivity contribution in [3.8, 4) is 11.7 Å². The van der Waals surface area contributed by atoms with E-state index in [1.54, 1.807) is 38.1 Å². The molecule has 23 heavy (non-hydrogen) atoms. The molecule has 0 radical (unpaired) electrons. The fraction of sp³-hybridized carbons (Fsp3) is 0.235. The molecule has 1 aromatic heterocycles. The molecule has 2 rings (SSSR count). The Morgan fingerprint density at radius 1 is 1.09 bits per heavy atom. The van der Waals surface area contributed by atoms with Crippen LogP contribution in [0.5, 0.6) is 11.7 Å². The molecule has 2 N–H and O–H groups in total. The van der Waals surface area contributed by atoms with Crippen LogP contribution in [0.3, 0.4) is 0 Å². The highest BCUT2D eigenvalue weighted by Crippen LogP contribution is 2.30. The van der Waals surface area contributed by atoms with Gasteiger partial charge in [0.15, 0.2) is 5.78 Å². The summed E-state index contributed by atoms with van der Waals surface area (Å²) >= 11 is 0. The van der Waals surface area contributed by atoms with Crippen LogP contribution in [0, 0.1) is 0 Å². The number of benzene rings is 1. The van der Waals surface area contributed by atoms with Gasteiger partial charge in [0, 0.05) is 6.42 Å². The van der Waals surface area contributed by atoms with E-state index < -0.39 is 28.7 Å². The van der Waals surface area contributed by atoms with Crippen molar-refractivity contribution in [1.29, 1.82) is 0 Å². The summed E-state index contributed by atoms with van der Waals surface area (Å²) < 4.78 is 4.70. The standard InChI is InChI=1S/C17H17NO5/c1-3-11(18-10-8-6-5-7-9-10)13-15(20)14(12(19)4-2)17(22)23-16(13)21/h5-9,20,22H,3-4H2,1-2H3.